The highest BCUT2D eigenvalue weighted by Crippen LogP contribution is 2.29. The van der Waals surface area contributed by atoms with Crippen LogP contribution in [0.1, 0.15) is 12.8 Å². The van der Waals surface area contributed by atoms with Crippen molar-refractivity contribution in [2.75, 3.05) is 20.1 Å². The first-order valence-corrected chi connectivity index (χ1v) is 5.98. The predicted octanol–water partition coefficient (Wildman–Crippen LogP) is 2.27. The number of nitrogens with zero attached hydrogens (tertiary/aromatic N) is 2. The summed E-state index contributed by atoms with van der Waals surface area (Å²) in [6.07, 6.45) is 6.36. The van der Waals surface area contributed by atoms with E-state index in [9.17, 15) is 0 Å². The van der Waals surface area contributed by atoms with Crippen molar-refractivity contribution < 1.29 is 0 Å². The fourth-order valence-corrected chi connectivity index (χ4v) is 2.82. The van der Waals surface area contributed by atoms with Gasteiger partial charge in [-0.25, -0.2) is 0 Å². The number of rotatable bonds is 2. The first kappa shape index (κ1) is 9.99. The molecule has 2 nitrogen and oxygen atoms in total. The van der Waals surface area contributed by atoms with Crippen molar-refractivity contribution >= 4 is 11.8 Å². The summed E-state index contributed by atoms with van der Waals surface area (Å²) in [5.74, 6) is 0. The van der Waals surface area contributed by atoms with Gasteiger partial charge in [0.05, 0.1) is 0 Å². The van der Waals surface area contributed by atoms with Gasteiger partial charge >= 0.3 is 0 Å². The van der Waals surface area contributed by atoms with Gasteiger partial charge in [0.1, 0.15) is 0 Å². The Labute approximate surface area is 89.7 Å². The van der Waals surface area contributed by atoms with E-state index in [2.05, 4.69) is 29.1 Å². The summed E-state index contributed by atoms with van der Waals surface area (Å²) in [6, 6.07) is 4.20. The molecule has 0 unspecified atom stereocenters. The Kier molecular flexibility index (Phi) is 3.43. The lowest BCUT2D eigenvalue weighted by molar-refractivity contribution is 0.282. The van der Waals surface area contributed by atoms with Crippen LogP contribution in [0.15, 0.2) is 29.4 Å². The molecular formula is C11H16N2S. The van der Waals surface area contributed by atoms with Gasteiger partial charge in [-0.3, -0.25) is 4.98 Å². The summed E-state index contributed by atoms with van der Waals surface area (Å²) in [4.78, 5) is 7.79. The smallest absolute Gasteiger partial charge is 0.0278 e. The Morgan fingerprint density at radius 1 is 1.29 bits per heavy atom. The largest absolute Gasteiger partial charge is 0.306 e. The molecule has 0 saturated carbocycles. The molecule has 76 valence electrons. The van der Waals surface area contributed by atoms with E-state index in [-0.39, 0.29) is 0 Å². The van der Waals surface area contributed by atoms with Crippen molar-refractivity contribution in [2.24, 2.45) is 0 Å². The lowest BCUT2D eigenvalue weighted by atomic mass is 10.1. The van der Waals surface area contributed by atoms with Gasteiger partial charge < -0.3 is 4.90 Å². The molecule has 1 aliphatic heterocycles. The zero-order valence-corrected chi connectivity index (χ0v) is 9.33. The molecule has 1 saturated heterocycles. The van der Waals surface area contributed by atoms with Gasteiger partial charge in [0.15, 0.2) is 0 Å². The molecule has 0 atom stereocenters. The third-order valence-corrected chi connectivity index (χ3v) is 3.97. The Morgan fingerprint density at radius 2 is 1.93 bits per heavy atom. The Balaban J connectivity index is 1.87. The fourth-order valence-electron chi connectivity index (χ4n) is 1.71. The molecule has 1 fully saturated rings. The van der Waals surface area contributed by atoms with Crippen LogP contribution in [0.4, 0.5) is 0 Å². The average molecular weight is 208 g/mol. The molecule has 0 N–H and O–H groups in total. The zero-order valence-electron chi connectivity index (χ0n) is 8.52. The van der Waals surface area contributed by atoms with Crippen LogP contribution in [0, 0.1) is 0 Å². The molecule has 0 bridgehead atoms. The maximum atomic E-state index is 4.03. The van der Waals surface area contributed by atoms with Gasteiger partial charge in [0.25, 0.3) is 0 Å². The minimum Gasteiger partial charge on any atom is -0.306 e. The summed E-state index contributed by atoms with van der Waals surface area (Å²) in [7, 11) is 2.20. The van der Waals surface area contributed by atoms with Crippen LogP contribution in [-0.2, 0) is 0 Å². The summed E-state index contributed by atoms with van der Waals surface area (Å²) in [6.45, 7) is 2.48. The van der Waals surface area contributed by atoms with Gasteiger partial charge in [-0.05, 0) is 45.1 Å². The van der Waals surface area contributed by atoms with Gasteiger partial charge in [0.2, 0.25) is 0 Å². The van der Waals surface area contributed by atoms with Crippen molar-refractivity contribution in [1.82, 2.24) is 9.88 Å². The van der Waals surface area contributed by atoms with Crippen molar-refractivity contribution in [3.8, 4) is 0 Å². The van der Waals surface area contributed by atoms with Crippen molar-refractivity contribution in [2.45, 2.75) is 23.0 Å². The predicted molar refractivity (Wildman–Crippen MR) is 60.6 cm³/mol. The van der Waals surface area contributed by atoms with E-state index in [1.54, 1.807) is 0 Å². The monoisotopic (exact) mass is 208 g/mol. The van der Waals surface area contributed by atoms with Crippen molar-refractivity contribution in [1.29, 1.82) is 0 Å². The van der Waals surface area contributed by atoms with Crippen LogP contribution >= 0.6 is 11.8 Å². The van der Waals surface area contributed by atoms with Gasteiger partial charge in [0, 0.05) is 22.5 Å². The summed E-state index contributed by atoms with van der Waals surface area (Å²) in [5.41, 5.74) is 0. The van der Waals surface area contributed by atoms with E-state index < -0.39 is 0 Å². The van der Waals surface area contributed by atoms with E-state index in [0.717, 1.165) is 5.25 Å². The van der Waals surface area contributed by atoms with E-state index in [4.69, 9.17) is 0 Å². The third kappa shape index (κ3) is 2.72. The Morgan fingerprint density at radius 3 is 2.57 bits per heavy atom. The molecule has 0 aromatic carbocycles. The minimum atomic E-state index is 0.800. The first-order chi connectivity index (χ1) is 6.84. The number of pyridine rings is 1. The van der Waals surface area contributed by atoms with E-state index >= 15 is 0 Å². The molecule has 0 radical (unpaired) electrons. The average Bonchev–Trinajstić information content (AvgIpc) is 2.23. The van der Waals surface area contributed by atoms with Crippen molar-refractivity contribution in [3.63, 3.8) is 0 Å². The van der Waals surface area contributed by atoms with Gasteiger partial charge in [-0.1, -0.05) is 0 Å². The summed E-state index contributed by atoms with van der Waals surface area (Å²) < 4.78 is 0. The highest BCUT2D eigenvalue weighted by Gasteiger charge is 2.17. The standard InChI is InChI=1S/C11H16N2S/c1-13-8-4-11(5-9-13)14-10-2-6-12-7-3-10/h2-3,6-7,11H,4-5,8-9H2,1H3. The van der Waals surface area contributed by atoms with E-state index in [0.29, 0.717) is 0 Å². The molecule has 0 spiro atoms. The number of likely N-dealkylation sites (tertiary alicyclic amines) is 1. The first-order valence-electron chi connectivity index (χ1n) is 5.10. The second kappa shape index (κ2) is 4.80. The van der Waals surface area contributed by atoms with E-state index in [1.807, 2.05) is 24.2 Å². The zero-order chi connectivity index (χ0) is 9.80. The van der Waals surface area contributed by atoms with Crippen LogP contribution < -0.4 is 0 Å². The molecule has 1 aromatic rings. The minimum absolute atomic E-state index is 0.800. The highest BCUT2D eigenvalue weighted by atomic mass is 32.2. The lowest BCUT2D eigenvalue weighted by Crippen LogP contribution is -2.31. The molecule has 2 heterocycles. The van der Waals surface area contributed by atoms with Crippen LogP contribution in [0.2, 0.25) is 0 Å². The number of hydrogen-bond donors (Lipinski definition) is 0. The number of aromatic nitrogens is 1. The van der Waals surface area contributed by atoms with Gasteiger partial charge in [-0.2, -0.15) is 0 Å². The highest BCUT2D eigenvalue weighted by molar-refractivity contribution is 8.00. The Bertz CT molecular complexity index is 268. The molecule has 2 rings (SSSR count). The molecule has 1 aliphatic rings. The van der Waals surface area contributed by atoms with Gasteiger partial charge in [-0.15, -0.1) is 11.8 Å². The SMILES string of the molecule is CN1CCC(Sc2ccncc2)CC1. The normalized spacial score (nSPS) is 19.8. The molecule has 0 amide bonds. The molecule has 1 aromatic heterocycles. The molecule has 3 heteroatoms. The lowest BCUT2D eigenvalue weighted by Gasteiger charge is -2.28. The second-order valence-corrected chi connectivity index (χ2v) is 5.18. The number of hydrogen-bond acceptors (Lipinski definition) is 3. The fraction of sp³-hybridized carbons (Fsp3) is 0.545. The van der Waals surface area contributed by atoms with Crippen LogP contribution in [0.25, 0.3) is 0 Å². The second-order valence-electron chi connectivity index (χ2n) is 3.80. The number of thioether (sulfide) groups is 1. The van der Waals surface area contributed by atoms with E-state index in [1.165, 1.54) is 30.8 Å². The Hall–Kier alpha value is -0.540. The van der Waals surface area contributed by atoms with Crippen molar-refractivity contribution in [3.05, 3.63) is 24.5 Å². The quantitative estimate of drug-likeness (QED) is 0.741. The van der Waals surface area contributed by atoms with Crippen LogP contribution in [0.5, 0.6) is 0 Å². The summed E-state index contributed by atoms with van der Waals surface area (Å²) >= 11 is 2.00. The van der Waals surface area contributed by atoms with Crippen LogP contribution in [0.3, 0.4) is 0 Å². The number of piperidine rings is 1. The maximum Gasteiger partial charge on any atom is 0.0278 e. The molecule has 14 heavy (non-hydrogen) atoms. The topological polar surface area (TPSA) is 16.1 Å². The van der Waals surface area contributed by atoms with Crippen LogP contribution in [-0.4, -0.2) is 35.3 Å². The summed E-state index contributed by atoms with van der Waals surface area (Å²) in [5, 5.41) is 0.800. The third-order valence-electron chi connectivity index (χ3n) is 2.62. The maximum absolute atomic E-state index is 4.03. The molecule has 0 aliphatic carbocycles. The molecular weight excluding hydrogens is 192 g/mol.